The van der Waals surface area contributed by atoms with Gasteiger partial charge in [0.1, 0.15) is 11.8 Å². The highest BCUT2D eigenvalue weighted by molar-refractivity contribution is 8.00. The van der Waals surface area contributed by atoms with E-state index in [0.29, 0.717) is 11.3 Å². The number of aliphatic hydroxyl groups excluding tert-OH is 1. The maximum absolute atomic E-state index is 12.3. The van der Waals surface area contributed by atoms with Crippen molar-refractivity contribution in [3.05, 3.63) is 48.0 Å². The predicted octanol–water partition coefficient (Wildman–Crippen LogP) is 3.03. The van der Waals surface area contributed by atoms with E-state index in [0.717, 1.165) is 5.03 Å². The number of amides is 1. The van der Waals surface area contributed by atoms with Gasteiger partial charge in [-0.15, -0.1) is 11.8 Å². The second kappa shape index (κ2) is 6.98. The van der Waals surface area contributed by atoms with Crippen molar-refractivity contribution in [3.8, 4) is 0 Å². The number of hydrogen-bond acceptors (Lipinski definition) is 5. The molecule has 2 N–H and O–H groups in total. The zero-order chi connectivity index (χ0) is 16.2. The number of rotatable bonds is 5. The van der Waals surface area contributed by atoms with Gasteiger partial charge in [0.15, 0.2) is 0 Å². The molecule has 0 aromatic carbocycles. The molecule has 22 heavy (non-hydrogen) atoms. The average molecular weight is 320 g/mol. The number of carbonyl (C=O) groups is 1. The second-order valence-electron chi connectivity index (χ2n) is 5.82. The summed E-state index contributed by atoms with van der Waals surface area (Å²) >= 11 is 1.60. The molecule has 0 aliphatic heterocycles. The standard InChI is InChI=1S/C16H20N2O3S/c1-16(2,3)22-14-9-11(6-7-17-14)15(20)18-12(10-19)13-5-4-8-21-13/h4-9,12,19H,10H2,1-3H3,(H,18,20). The van der Waals surface area contributed by atoms with Crippen LogP contribution >= 0.6 is 11.8 Å². The quantitative estimate of drug-likeness (QED) is 0.828. The van der Waals surface area contributed by atoms with Gasteiger partial charge in [-0.25, -0.2) is 4.98 Å². The third kappa shape index (κ3) is 4.61. The molecule has 1 unspecified atom stereocenters. The Hall–Kier alpha value is -1.79. The fourth-order valence-electron chi connectivity index (χ4n) is 1.86. The number of pyridine rings is 1. The minimum Gasteiger partial charge on any atom is -0.467 e. The summed E-state index contributed by atoms with van der Waals surface area (Å²) in [4.78, 5) is 16.6. The summed E-state index contributed by atoms with van der Waals surface area (Å²) in [6.45, 7) is 6.04. The first-order chi connectivity index (χ1) is 10.4. The number of nitrogens with zero attached hydrogens (tertiary/aromatic N) is 1. The summed E-state index contributed by atoms with van der Waals surface area (Å²) in [5.41, 5.74) is 0.506. The van der Waals surface area contributed by atoms with Gasteiger partial charge in [0.05, 0.1) is 17.9 Å². The highest BCUT2D eigenvalue weighted by Crippen LogP contribution is 2.30. The SMILES string of the molecule is CC(C)(C)Sc1cc(C(=O)NC(CO)c2ccco2)ccn1. The number of thioether (sulfide) groups is 1. The number of aliphatic hydroxyl groups is 1. The van der Waals surface area contributed by atoms with Crippen LogP contribution in [0.5, 0.6) is 0 Å². The Bertz CT molecular complexity index is 621. The molecule has 0 saturated carbocycles. The van der Waals surface area contributed by atoms with Gasteiger partial charge in [0.2, 0.25) is 0 Å². The van der Waals surface area contributed by atoms with E-state index >= 15 is 0 Å². The average Bonchev–Trinajstić information content (AvgIpc) is 2.97. The van der Waals surface area contributed by atoms with Gasteiger partial charge in [0.25, 0.3) is 5.91 Å². The molecule has 0 spiro atoms. The third-order valence-corrected chi connectivity index (χ3v) is 3.83. The lowest BCUT2D eigenvalue weighted by Crippen LogP contribution is -2.30. The van der Waals surface area contributed by atoms with Crippen LogP contribution in [0.4, 0.5) is 0 Å². The lowest BCUT2D eigenvalue weighted by molar-refractivity contribution is 0.0907. The molecule has 0 bridgehead atoms. The van der Waals surface area contributed by atoms with Gasteiger partial charge in [-0.05, 0) is 24.3 Å². The molecule has 1 atom stereocenters. The van der Waals surface area contributed by atoms with Crippen LogP contribution in [0.25, 0.3) is 0 Å². The lowest BCUT2D eigenvalue weighted by atomic mass is 10.2. The molecule has 2 aromatic rings. The topological polar surface area (TPSA) is 75.4 Å². The van der Waals surface area contributed by atoms with Crippen LogP contribution in [0, 0.1) is 0 Å². The van der Waals surface area contributed by atoms with Crippen molar-refractivity contribution >= 4 is 17.7 Å². The summed E-state index contributed by atoms with van der Waals surface area (Å²) in [6.07, 6.45) is 3.12. The first-order valence-electron chi connectivity index (χ1n) is 6.99. The van der Waals surface area contributed by atoms with Crippen LogP contribution < -0.4 is 5.32 Å². The zero-order valence-electron chi connectivity index (χ0n) is 12.9. The molecule has 6 heteroatoms. The van der Waals surface area contributed by atoms with Crippen LogP contribution in [0.3, 0.4) is 0 Å². The van der Waals surface area contributed by atoms with E-state index in [2.05, 4.69) is 31.1 Å². The monoisotopic (exact) mass is 320 g/mol. The molecule has 0 aliphatic carbocycles. The maximum Gasteiger partial charge on any atom is 0.252 e. The summed E-state index contributed by atoms with van der Waals surface area (Å²) in [6, 6.07) is 6.28. The number of furan rings is 1. The molecule has 2 heterocycles. The van der Waals surface area contributed by atoms with Gasteiger partial charge in [-0.2, -0.15) is 0 Å². The second-order valence-corrected chi connectivity index (χ2v) is 7.67. The van der Waals surface area contributed by atoms with Gasteiger partial charge in [-0.1, -0.05) is 20.8 Å². The smallest absolute Gasteiger partial charge is 0.252 e. The Balaban J connectivity index is 2.10. The van der Waals surface area contributed by atoms with Crippen molar-refractivity contribution in [1.82, 2.24) is 10.3 Å². The Labute approximate surface area is 134 Å². The fourth-order valence-corrected chi connectivity index (χ4v) is 2.78. The molecular weight excluding hydrogens is 300 g/mol. The van der Waals surface area contributed by atoms with Crippen LogP contribution in [0.2, 0.25) is 0 Å². The van der Waals surface area contributed by atoms with Crippen molar-refractivity contribution in [2.24, 2.45) is 0 Å². The minimum absolute atomic E-state index is 0.0178. The van der Waals surface area contributed by atoms with Crippen molar-refractivity contribution < 1.29 is 14.3 Å². The predicted molar refractivity (Wildman–Crippen MR) is 85.8 cm³/mol. The van der Waals surface area contributed by atoms with Crippen molar-refractivity contribution in [3.63, 3.8) is 0 Å². The van der Waals surface area contributed by atoms with Gasteiger partial charge < -0.3 is 14.8 Å². The third-order valence-electron chi connectivity index (χ3n) is 2.78. The Morgan fingerprint density at radius 3 is 2.82 bits per heavy atom. The zero-order valence-corrected chi connectivity index (χ0v) is 13.7. The summed E-state index contributed by atoms with van der Waals surface area (Å²) in [5, 5.41) is 13.0. The largest absolute Gasteiger partial charge is 0.467 e. The molecule has 2 aromatic heterocycles. The van der Waals surface area contributed by atoms with E-state index in [-0.39, 0.29) is 17.3 Å². The molecule has 1 amide bonds. The van der Waals surface area contributed by atoms with Crippen molar-refractivity contribution in [2.45, 2.75) is 36.6 Å². The van der Waals surface area contributed by atoms with Gasteiger partial charge in [0, 0.05) is 16.5 Å². The van der Waals surface area contributed by atoms with Gasteiger partial charge in [-0.3, -0.25) is 4.79 Å². The molecular formula is C16H20N2O3S. The molecule has 5 nitrogen and oxygen atoms in total. The van der Waals surface area contributed by atoms with Crippen molar-refractivity contribution in [2.75, 3.05) is 6.61 Å². The van der Waals surface area contributed by atoms with Crippen molar-refractivity contribution in [1.29, 1.82) is 0 Å². The van der Waals surface area contributed by atoms with E-state index in [1.54, 1.807) is 42.2 Å². The molecule has 0 fully saturated rings. The number of hydrogen-bond donors (Lipinski definition) is 2. The molecule has 0 radical (unpaired) electrons. The van der Waals surface area contributed by atoms with E-state index in [1.807, 2.05) is 0 Å². The number of aromatic nitrogens is 1. The normalized spacial score (nSPS) is 12.9. The van der Waals surface area contributed by atoms with E-state index in [1.165, 1.54) is 6.26 Å². The highest BCUT2D eigenvalue weighted by atomic mass is 32.2. The Kier molecular flexibility index (Phi) is 5.26. The summed E-state index contributed by atoms with van der Waals surface area (Å²) in [7, 11) is 0. The van der Waals surface area contributed by atoms with E-state index < -0.39 is 6.04 Å². The molecule has 0 saturated heterocycles. The highest BCUT2D eigenvalue weighted by Gasteiger charge is 2.19. The molecule has 118 valence electrons. The van der Waals surface area contributed by atoms with Crippen LogP contribution in [0.15, 0.2) is 46.2 Å². The van der Waals surface area contributed by atoms with Gasteiger partial charge >= 0.3 is 0 Å². The molecule has 2 rings (SSSR count). The lowest BCUT2D eigenvalue weighted by Gasteiger charge is -2.17. The first-order valence-corrected chi connectivity index (χ1v) is 7.81. The first kappa shape index (κ1) is 16.6. The Morgan fingerprint density at radius 2 is 2.23 bits per heavy atom. The van der Waals surface area contributed by atoms with E-state index in [9.17, 15) is 9.90 Å². The van der Waals surface area contributed by atoms with Crippen LogP contribution in [-0.2, 0) is 0 Å². The fraction of sp³-hybridized carbons (Fsp3) is 0.375. The van der Waals surface area contributed by atoms with E-state index in [4.69, 9.17) is 4.42 Å². The van der Waals surface area contributed by atoms with Crippen LogP contribution in [0.1, 0.15) is 42.9 Å². The number of carbonyl (C=O) groups excluding carboxylic acids is 1. The summed E-state index contributed by atoms with van der Waals surface area (Å²) < 4.78 is 5.24. The summed E-state index contributed by atoms with van der Waals surface area (Å²) in [5.74, 6) is 0.253. The Morgan fingerprint density at radius 1 is 1.45 bits per heavy atom. The number of nitrogens with one attached hydrogen (secondary N) is 1. The maximum atomic E-state index is 12.3. The van der Waals surface area contributed by atoms with Crippen LogP contribution in [-0.4, -0.2) is 27.4 Å². The molecule has 0 aliphatic rings. The minimum atomic E-state index is -0.561.